The maximum absolute atomic E-state index is 12.8. The Hall–Kier alpha value is -0.860. The van der Waals surface area contributed by atoms with Crippen LogP contribution in [0.1, 0.15) is 26.3 Å². The second-order valence-electron chi connectivity index (χ2n) is 3.95. The van der Waals surface area contributed by atoms with Crippen molar-refractivity contribution in [3.8, 4) is 0 Å². The fraction of sp³-hybridized carbons (Fsp3) is 0.625. The number of H-pyrrole nitrogens is 1. The van der Waals surface area contributed by atoms with Crippen molar-refractivity contribution in [1.82, 2.24) is 10.2 Å². The van der Waals surface area contributed by atoms with E-state index in [2.05, 4.69) is 31.0 Å². The van der Waals surface area contributed by atoms with Gasteiger partial charge >= 0.3 is 0 Å². The summed E-state index contributed by atoms with van der Waals surface area (Å²) in [7, 11) is 0. The van der Waals surface area contributed by atoms with Crippen LogP contribution in [0.25, 0.3) is 0 Å². The van der Waals surface area contributed by atoms with Gasteiger partial charge in [0.25, 0.3) is 0 Å². The average molecular weight is 156 g/mol. The first kappa shape index (κ1) is 8.24. The predicted octanol–water partition coefficient (Wildman–Crippen LogP) is 2.14. The molecule has 0 bridgehead atoms. The molecule has 0 aliphatic carbocycles. The van der Waals surface area contributed by atoms with Crippen LogP contribution in [0.4, 0.5) is 4.39 Å². The van der Waals surface area contributed by atoms with Gasteiger partial charge in [-0.15, -0.1) is 0 Å². The Bertz CT molecular complexity index is 234. The van der Waals surface area contributed by atoms with Gasteiger partial charge in [-0.05, 0) is 11.8 Å². The van der Waals surface area contributed by atoms with E-state index in [1.54, 1.807) is 6.20 Å². The zero-order valence-corrected chi connectivity index (χ0v) is 7.11. The Morgan fingerprint density at radius 2 is 2.18 bits per heavy atom. The van der Waals surface area contributed by atoms with Crippen LogP contribution in [0.2, 0.25) is 0 Å². The molecule has 2 nitrogen and oxygen atoms in total. The van der Waals surface area contributed by atoms with Crippen LogP contribution in [-0.2, 0) is 6.42 Å². The maximum atomic E-state index is 12.8. The Kier molecular flexibility index (Phi) is 1.98. The molecule has 0 aromatic carbocycles. The van der Waals surface area contributed by atoms with Crippen molar-refractivity contribution in [2.24, 2.45) is 5.41 Å². The van der Waals surface area contributed by atoms with Gasteiger partial charge in [0.15, 0.2) is 0 Å². The smallest absolute Gasteiger partial charge is 0.212 e. The largest absolute Gasteiger partial charge is 0.253 e. The van der Waals surface area contributed by atoms with E-state index in [0.29, 0.717) is 5.56 Å². The third-order valence-electron chi connectivity index (χ3n) is 1.39. The molecular formula is C8H13FN2. The summed E-state index contributed by atoms with van der Waals surface area (Å²) in [5.74, 6) is -0.306. The highest BCUT2D eigenvalue weighted by Crippen LogP contribution is 2.20. The molecule has 0 aliphatic heterocycles. The van der Waals surface area contributed by atoms with Gasteiger partial charge in [0.2, 0.25) is 5.95 Å². The summed E-state index contributed by atoms with van der Waals surface area (Å²) >= 11 is 0. The van der Waals surface area contributed by atoms with Crippen LogP contribution in [0, 0.1) is 11.4 Å². The van der Waals surface area contributed by atoms with Gasteiger partial charge < -0.3 is 0 Å². The van der Waals surface area contributed by atoms with Crippen molar-refractivity contribution in [1.29, 1.82) is 0 Å². The molecule has 0 atom stereocenters. The van der Waals surface area contributed by atoms with E-state index in [1.165, 1.54) is 0 Å². The molecule has 1 heterocycles. The summed E-state index contributed by atoms with van der Waals surface area (Å²) in [5, 5.41) is 5.88. The number of nitrogens with one attached hydrogen (secondary N) is 1. The van der Waals surface area contributed by atoms with E-state index in [0.717, 1.165) is 6.42 Å². The third-order valence-corrected chi connectivity index (χ3v) is 1.39. The minimum Gasteiger partial charge on any atom is -0.253 e. The summed E-state index contributed by atoms with van der Waals surface area (Å²) in [6.45, 7) is 6.21. The molecule has 11 heavy (non-hydrogen) atoms. The summed E-state index contributed by atoms with van der Waals surface area (Å²) < 4.78 is 12.8. The minimum atomic E-state index is -0.306. The first-order valence-electron chi connectivity index (χ1n) is 3.67. The van der Waals surface area contributed by atoms with Gasteiger partial charge in [-0.25, -0.2) is 0 Å². The van der Waals surface area contributed by atoms with Crippen LogP contribution in [0.5, 0.6) is 0 Å². The fourth-order valence-electron chi connectivity index (χ4n) is 0.990. The lowest BCUT2D eigenvalue weighted by Gasteiger charge is -2.16. The van der Waals surface area contributed by atoms with Crippen molar-refractivity contribution in [3.05, 3.63) is 17.7 Å². The van der Waals surface area contributed by atoms with Gasteiger partial charge in [-0.3, -0.25) is 5.10 Å². The molecule has 0 amide bonds. The summed E-state index contributed by atoms with van der Waals surface area (Å²) in [6.07, 6.45) is 2.26. The number of hydrogen-bond donors (Lipinski definition) is 1. The molecule has 1 aromatic rings. The fourth-order valence-corrected chi connectivity index (χ4v) is 0.990. The number of halogens is 1. The molecule has 1 N–H and O–H groups in total. The molecule has 0 spiro atoms. The Morgan fingerprint density at radius 1 is 1.55 bits per heavy atom. The van der Waals surface area contributed by atoms with Crippen LogP contribution in [-0.4, -0.2) is 10.2 Å². The van der Waals surface area contributed by atoms with Gasteiger partial charge in [0, 0.05) is 5.56 Å². The Balaban J connectivity index is 2.72. The van der Waals surface area contributed by atoms with Crippen LogP contribution in [0.3, 0.4) is 0 Å². The lowest BCUT2D eigenvalue weighted by molar-refractivity contribution is 0.401. The number of hydrogen-bond acceptors (Lipinski definition) is 1. The standard InChI is InChI=1S/C8H13FN2/c1-8(2,3)4-6-5-10-11-7(6)9/h5H,4H2,1-3H3,(H,10,11). The molecule has 0 saturated carbocycles. The second kappa shape index (κ2) is 2.64. The quantitative estimate of drug-likeness (QED) is 0.663. The molecule has 0 aliphatic rings. The second-order valence-corrected chi connectivity index (χ2v) is 3.95. The highest BCUT2D eigenvalue weighted by Gasteiger charge is 2.14. The molecule has 1 rings (SSSR count). The number of rotatable bonds is 1. The average Bonchev–Trinajstić information content (AvgIpc) is 2.12. The van der Waals surface area contributed by atoms with Crippen LogP contribution < -0.4 is 0 Å². The molecule has 0 fully saturated rings. The summed E-state index contributed by atoms with van der Waals surface area (Å²) in [6, 6.07) is 0. The molecule has 3 heteroatoms. The highest BCUT2D eigenvalue weighted by atomic mass is 19.1. The molecule has 0 unspecified atom stereocenters. The SMILES string of the molecule is CC(C)(C)Cc1cn[nH]c1F. The van der Waals surface area contributed by atoms with Crippen molar-refractivity contribution >= 4 is 0 Å². The first-order chi connectivity index (χ1) is 4.99. The van der Waals surface area contributed by atoms with Crippen LogP contribution in [0.15, 0.2) is 6.20 Å². The van der Waals surface area contributed by atoms with Gasteiger partial charge in [0.1, 0.15) is 0 Å². The van der Waals surface area contributed by atoms with Crippen molar-refractivity contribution < 1.29 is 4.39 Å². The number of nitrogens with zero attached hydrogens (tertiary/aromatic N) is 1. The zero-order valence-electron chi connectivity index (χ0n) is 7.11. The summed E-state index contributed by atoms with van der Waals surface area (Å²) in [4.78, 5) is 0. The molecule has 1 aromatic heterocycles. The monoisotopic (exact) mass is 156 g/mol. The van der Waals surface area contributed by atoms with Gasteiger partial charge in [-0.1, -0.05) is 20.8 Å². The zero-order chi connectivity index (χ0) is 8.48. The number of aromatic nitrogens is 2. The van der Waals surface area contributed by atoms with E-state index in [4.69, 9.17) is 0 Å². The topological polar surface area (TPSA) is 28.7 Å². The highest BCUT2D eigenvalue weighted by molar-refractivity contribution is 5.07. The van der Waals surface area contributed by atoms with Gasteiger partial charge in [0.05, 0.1) is 6.20 Å². The van der Waals surface area contributed by atoms with E-state index < -0.39 is 0 Å². The lowest BCUT2D eigenvalue weighted by Crippen LogP contribution is -2.09. The van der Waals surface area contributed by atoms with E-state index >= 15 is 0 Å². The number of aromatic amines is 1. The van der Waals surface area contributed by atoms with Crippen molar-refractivity contribution in [2.45, 2.75) is 27.2 Å². The minimum absolute atomic E-state index is 0.116. The van der Waals surface area contributed by atoms with Crippen molar-refractivity contribution in [3.63, 3.8) is 0 Å². The summed E-state index contributed by atoms with van der Waals surface area (Å²) in [5.41, 5.74) is 0.780. The Labute approximate surface area is 65.8 Å². The van der Waals surface area contributed by atoms with E-state index in [9.17, 15) is 4.39 Å². The normalized spacial score (nSPS) is 12.0. The first-order valence-corrected chi connectivity index (χ1v) is 3.67. The maximum Gasteiger partial charge on any atom is 0.212 e. The lowest BCUT2D eigenvalue weighted by atomic mass is 9.89. The van der Waals surface area contributed by atoms with E-state index in [1.807, 2.05) is 0 Å². The van der Waals surface area contributed by atoms with E-state index in [-0.39, 0.29) is 11.4 Å². The third kappa shape index (κ3) is 2.33. The Morgan fingerprint density at radius 3 is 2.55 bits per heavy atom. The van der Waals surface area contributed by atoms with Crippen LogP contribution >= 0.6 is 0 Å². The molecule has 0 radical (unpaired) electrons. The van der Waals surface area contributed by atoms with Gasteiger partial charge in [-0.2, -0.15) is 9.49 Å². The predicted molar refractivity (Wildman–Crippen MR) is 41.7 cm³/mol. The molecule has 0 saturated heterocycles. The molecular weight excluding hydrogens is 143 g/mol. The van der Waals surface area contributed by atoms with Crippen molar-refractivity contribution in [2.75, 3.05) is 0 Å². The molecule has 62 valence electrons.